The molecule has 0 aromatic carbocycles. The van der Waals surface area contributed by atoms with E-state index in [0.717, 1.165) is 25.3 Å². The van der Waals surface area contributed by atoms with Crippen LogP contribution in [0.4, 0.5) is 0 Å². The van der Waals surface area contributed by atoms with Gasteiger partial charge in [0.05, 0.1) is 0 Å². The molecule has 0 radical (unpaired) electrons. The maximum atomic E-state index is 10.4. The van der Waals surface area contributed by atoms with Gasteiger partial charge in [-0.15, -0.1) is 0 Å². The standard InChI is InChI=1S/C12H23NO2/c1-10(2)13-8-4-6-11(9-13)5-3-7-12(14)15/h10-11H,3-9H2,1-2H3,(H,14,15). The first kappa shape index (κ1) is 12.5. The topological polar surface area (TPSA) is 40.5 Å². The number of hydrogen-bond donors (Lipinski definition) is 1. The molecule has 0 aliphatic carbocycles. The molecule has 0 aromatic heterocycles. The average Bonchev–Trinajstić information content (AvgIpc) is 2.17. The summed E-state index contributed by atoms with van der Waals surface area (Å²) in [6.07, 6.45) is 4.80. The zero-order valence-corrected chi connectivity index (χ0v) is 9.91. The van der Waals surface area contributed by atoms with Crippen LogP contribution in [0.5, 0.6) is 0 Å². The molecule has 0 spiro atoms. The Morgan fingerprint density at radius 3 is 2.87 bits per heavy atom. The minimum Gasteiger partial charge on any atom is -0.481 e. The molecule has 0 amide bonds. The molecule has 1 unspecified atom stereocenters. The third-order valence-corrected chi connectivity index (χ3v) is 3.28. The summed E-state index contributed by atoms with van der Waals surface area (Å²) in [5, 5.41) is 8.57. The van der Waals surface area contributed by atoms with Gasteiger partial charge < -0.3 is 10.0 Å². The quantitative estimate of drug-likeness (QED) is 0.762. The summed E-state index contributed by atoms with van der Waals surface area (Å²) in [5.74, 6) is 0.0621. The lowest BCUT2D eigenvalue weighted by Crippen LogP contribution is -2.39. The monoisotopic (exact) mass is 213 g/mol. The van der Waals surface area contributed by atoms with Crippen molar-refractivity contribution in [1.29, 1.82) is 0 Å². The van der Waals surface area contributed by atoms with Crippen LogP contribution in [0.15, 0.2) is 0 Å². The number of carboxylic acid groups (broad SMARTS) is 1. The van der Waals surface area contributed by atoms with Crippen LogP contribution in [0.2, 0.25) is 0 Å². The third-order valence-electron chi connectivity index (χ3n) is 3.28. The maximum absolute atomic E-state index is 10.4. The highest BCUT2D eigenvalue weighted by Crippen LogP contribution is 2.22. The van der Waals surface area contributed by atoms with E-state index in [0.29, 0.717) is 12.5 Å². The van der Waals surface area contributed by atoms with Crippen molar-refractivity contribution >= 4 is 5.97 Å². The summed E-state index contributed by atoms with van der Waals surface area (Å²) >= 11 is 0. The van der Waals surface area contributed by atoms with Crippen molar-refractivity contribution in [2.75, 3.05) is 13.1 Å². The Bertz CT molecular complexity index is 204. The third kappa shape index (κ3) is 4.65. The molecule has 0 bridgehead atoms. The summed E-state index contributed by atoms with van der Waals surface area (Å²) in [4.78, 5) is 12.9. The maximum Gasteiger partial charge on any atom is 0.303 e. The zero-order chi connectivity index (χ0) is 11.3. The van der Waals surface area contributed by atoms with Crippen LogP contribution >= 0.6 is 0 Å². The van der Waals surface area contributed by atoms with Crippen molar-refractivity contribution in [3.63, 3.8) is 0 Å². The second-order valence-electron chi connectivity index (χ2n) is 4.88. The van der Waals surface area contributed by atoms with E-state index in [-0.39, 0.29) is 0 Å². The van der Waals surface area contributed by atoms with E-state index in [1.807, 2.05) is 0 Å². The molecule has 1 heterocycles. The first-order valence-corrected chi connectivity index (χ1v) is 6.05. The van der Waals surface area contributed by atoms with E-state index in [4.69, 9.17) is 5.11 Å². The fraction of sp³-hybridized carbons (Fsp3) is 0.917. The van der Waals surface area contributed by atoms with Gasteiger partial charge >= 0.3 is 5.97 Å². The molecule has 3 heteroatoms. The van der Waals surface area contributed by atoms with E-state index < -0.39 is 5.97 Å². The molecule has 1 fully saturated rings. The van der Waals surface area contributed by atoms with Crippen LogP contribution in [-0.2, 0) is 4.79 Å². The van der Waals surface area contributed by atoms with Crippen LogP contribution < -0.4 is 0 Å². The van der Waals surface area contributed by atoms with Crippen molar-refractivity contribution in [3.05, 3.63) is 0 Å². The molecule has 3 nitrogen and oxygen atoms in total. The normalized spacial score (nSPS) is 23.3. The Morgan fingerprint density at radius 2 is 2.27 bits per heavy atom. The number of hydrogen-bond acceptors (Lipinski definition) is 2. The summed E-state index contributed by atoms with van der Waals surface area (Å²) in [5.41, 5.74) is 0. The average molecular weight is 213 g/mol. The molecule has 1 aliphatic rings. The molecular weight excluding hydrogens is 190 g/mol. The smallest absolute Gasteiger partial charge is 0.303 e. The number of carboxylic acids is 1. The molecule has 1 saturated heterocycles. The highest BCUT2D eigenvalue weighted by molar-refractivity contribution is 5.66. The van der Waals surface area contributed by atoms with Gasteiger partial charge in [-0.3, -0.25) is 4.79 Å². The number of rotatable bonds is 5. The van der Waals surface area contributed by atoms with Crippen LogP contribution in [0.3, 0.4) is 0 Å². The number of aliphatic carboxylic acids is 1. The number of nitrogens with zero attached hydrogens (tertiary/aromatic N) is 1. The molecule has 15 heavy (non-hydrogen) atoms. The molecule has 1 atom stereocenters. The lowest BCUT2D eigenvalue weighted by atomic mass is 9.92. The Hall–Kier alpha value is -0.570. The molecule has 0 saturated carbocycles. The van der Waals surface area contributed by atoms with Gasteiger partial charge in [0.25, 0.3) is 0 Å². The molecule has 1 N–H and O–H groups in total. The van der Waals surface area contributed by atoms with E-state index in [1.54, 1.807) is 0 Å². The predicted molar refractivity (Wildman–Crippen MR) is 60.9 cm³/mol. The molecule has 0 aromatic rings. The first-order valence-electron chi connectivity index (χ1n) is 6.05. The molecular formula is C12H23NO2. The molecule has 1 rings (SSSR count). The zero-order valence-electron chi connectivity index (χ0n) is 9.91. The van der Waals surface area contributed by atoms with Crippen LogP contribution in [0.25, 0.3) is 0 Å². The van der Waals surface area contributed by atoms with Crippen molar-refractivity contribution in [1.82, 2.24) is 4.90 Å². The number of likely N-dealkylation sites (tertiary alicyclic amines) is 1. The lowest BCUT2D eigenvalue weighted by molar-refractivity contribution is -0.137. The van der Waals surface area contributed by atoms with Crippen molar-refractivity contribution < 1.29 is 9.90 Å². The molecule has 1 aliphatic heterocycles. The van der Waals surface area contributed by atoms with E-state index in [2.05, 4.69) is 18.7 Å². The van der Waals surface area contributed by atoms with Gasteiger partial charge in [0.1, 0.15) is 0 Å². The number of carbonyl (C=O) groups is 1. The van der Waals surface area contributed by atoms with Crippen LogP contribution in [0.1, 0.15) is 46.0 Å². The Morgan fingerprint density at radius 1 is 1.53 bits per heavy atom. The SMILES string of the molecule is CC(C)N1CCCC(CCCC(=O)O)C1. The van der Waals surface area contributed by atoms with E-state index >= 15 is 0 Å². The summed E-state index contributed by atoms with van der Waals surface area (Å²) in [6, 6.07) is 0.632. The second kappa shape index (κ2) is 6.11. The minimum atomic E-state index is -0.661. The van der Waals surface area contributed by atoms with Gasteiger partial charge in [-0.2, -0.15) is 0 Å². The van der Waals surface area contributed by atoms with Crippen LogP contribution in [0, 0.1) is 5.92 Å². The molecule has 88 valence electrons. The fourth-order valence-corrected chi connectivity index (χ4v) is 2.34. The highest BCUT2D eigenvalue weighted by atomic mass is 16.4. The van der Waals surface area contributed by atoms with Crippen molar-refractivity contribution in [2.24, 2.45) is 5.92 Å². The largest absolute Gasteiger partial charge is 0.481 e. The predicted octanol–water partition coefficient (Wildman–Crippen LogP) is 2.36. The van der Waals surface area contributed by atoms with E-state index in [9.17, 15) is 4.79 Å². The van der Waals surface area contributed by atoms with Crippen LogP contribution in [-0.4, -0.2) is 35.1 Å². The minimum absolute atomic E-state index is 0.332. The van der Waals surface area contributed by atoms with Crippen molar-refractivity contribution in [3.8, 4) is 0 Å². The summed E-state index contributed by atoms with van der Waals surface area (Å²) < 4.78 is 0. The van der Waals surface area contributed by atoms with Crippen molar-refractivity contribution in [2.45, 2.75) is 52.0 Å². The van der Waals surface area contributed by atoms with Gasteiger partial charge in [-0.1, -0.05) is 0 Å². The van der Waals surface area contributed by atoms with Gasteiger partial charge in [0.15, 0.2) is 0 Å². The Labute approximate surface area is 92.5 Å². The Balaban J connectivity index is 2.21. The first-order chi connectivity index (χ1) is 7.09. The fourth-order valence-electron chi connectivity index (χ4n) is 2.34. The van der Waals surface area contributed by atoms with Gasteiger partial charge in [0, 0.05) is 19.0 Å². The summed E-state index contributed by atoms with van der Waals surface area (Å²) in [7, 11) is 0. The Kier molecular flexibility index (Phi) is 5.09. The number of piperidine rings is 1. The van der Waals surface area contributed by atoms with Gasteiger partial charge in [-0.25, -0.2) is 0 Å². The summed E-state index contributed by atoms with van der Waals surface area (Å²) in [6.45, 7) is 6.85. The highest BCUT2D eigenvalue weighted by Gasteiger charge is 2.21. The lowest BCUT2D eigenvalue weighted by Gasteiger charge is -2.35. The van der Waals surface area contributed by atoms with Gasteiger partial charge in [0.2, 0.25) is 0 Å². The van der Waals surface area contributed by atoms with Gasteiger partial charge in [-0.05, 0) is 52.0 Å². The van der Waals surface area contributed by atoms with E-state index in [1.165, 1.54) is 19.4 Å². The second-order valence-corrected chi connectivity index (χ2v) is 4.88.